The highest BCUT2D eigenvalue weighted by molar-refractivity contribution is 6.31. The number of nitrogens with zero attached hydrogens (tertiary/aromatic N) is 4. The van der Waals surface area contributed by atoms with E-state index >= 15 is 0 Å². The second-order valence-corrected chi connectivity index (χ2v) is 10.8. The van der Waals surface area contributed by atoms with E-state index in [0.29, 0.717) is 36.5 Å². The van der Waals surface area contributed by atoms with Gasteiger partial charge in [0.25, 0.3) is 0 Å². The molecule has 2 N–H and O–H groups in total. The van der Waals surface area contributed by atoms with Crippen LogP contribution in [0.2, 0.25) is 5.02 Å². The Hall–Kier alpha value is -2.71. The van der Waals surface area contributed by atoms with Gasteiger partial charge in [0.2, 0.25) is 17.7 Å². The zero-order valence-electron chi connectivity index (χ0n) is 20.8. The van der Waals surface area contributed by atoms with Gasteiger partial charge in [-0.1, -0.05) is 17.7 Å². The fraction of sp³-hybridized carbons (Fsp3) is 0.615. The monoisotopic (exact) mass is 528 g/mol. The zero-order valence-corrected chi connectivity index (χ0v) is 21.6. The molecule has 5 rings (SSSR count). The van der Waals surface area contributed by atoms with Crippen molar-refractivity contribution in [1.29, 1.82) is 5.26 Å². The van der Waals surface area contributed by atoms with Crippen molar-refractivity contribution < 1.29 is 19.1 Å². The highest BCUT2D eigenvalue weighted by atomic mass is 35.5. The number of benzene rings is 1. The van der Waals surface area contributed by atoms with Crippen molar-refractivity contribution in [3.05, 3.63) is 34.3 Å². The van der Waals surface area contributed by atoms with Crippen molar-refractivity contribution in [1.82, 2.24) is 25.3 Å². The summed E-state index contributed by atoms with van der Waals surface area (Å²) in [5, 5.41) is 15.7. The molecule has 3 saturated heterocycles. The second kappa shape index (κ2) is 11.4. The lowest BCUT2D eigenvalue weighted by molar-refractivity contribution is -0.152. The number of nitriles is 1. The summed E-state index contributed by atoms with van der Waals surface area (Å²) in [6.07, 6.45) is 2.72. The molecule has 10 nitrogen and oxygen atoms in total. The lowest BCUT2D eigenvalue weighted by Crippen LogP contribution is -2.62. The normalized spacial score (nSPS) is 26.7. The summed E-state index contributed by atoms with van der Waals surface area (Å²) >= 11 is 6.20. The number of hydrogen-bond acceptors (Lipinski definition) is 7. The Morgan fingerprint density at radius 3 is 2.65 bits per heavy atom. The van der Waals surface area contributed by atoms with E-state index in [9.17, 15) is 14.4 Å². The van der Waals surface area contributed by atoms with Crippen LogP contribution >= 0.6 is 11.6 Å². The predicted molar refractivity (Wildman–Crippen MR) is 135 cm³/mol. The van der Waals surface area contributed by atoms with Crippen molar-refractivity contribution in [2.45, 2.75) is 37.9 Å². The van der Waals surface area contributed by atoms with Crippen molar-refractivity contribution >= 4 is 29.3 Å². The van der Waals surface area contributed by atoms with Crippen LogP contribution in [0.1, 0.15) is 30.4 Å². The lowest BCUT2D eigenvalue weighted by Gasteiger charge is -2.47. The molecule has 37 heavy (non-hydrogen) atoms. The molecule has 3 atom stereocenters. The number of hydrogen-bond donors (Lipinski definition) is 2. The number of halogens is 1. The van der Waals surface area contributed by atoms with Gasteiger partial charge in [-0.3, -0.25) is 24.6 Å². The van der Waals surface area contributed by atoms with Crippen molar-refractivity contribution in [2.75, 3.05) is 52.6 Å². The maximum atomic E-state index is 13.3. The Morgan fingerprint density at radius 1 is 1.19 bits per heavy atom. The quantitative estimate of drug-likeness (QED) is 0.553. The summed E-state index contributed by atoms with van der Waals surface area (Å²) in [4.78, 5) is 44.4. The van der Waals surface area contributed by atoms with E-state index < -0.39 is 0 Å². The van der Waals surface area contributed by atoms with Gasteiger partial charge in [-0.25, -0.2) is 0 Å². The SMILES string of the molecule is N#Cc1ccc(CNC(=O)CN2CNC3CCC(N4CCN(C(=O)C5COC5)CC4)CC3C2=O)c(Cl)c1. The van der Waals surface area contributed by atoms with Crippen molar-refractivity contribution in [3.63, 3.8) is 0 Å². The number of nitrogens with one attached hydrogen (secondary N) is 2. The van der Waals surface area contributed by atoms with E-state index in [1.54, 1.807) is 23.1 Å². The van der Waals surface area contributed by atoms with E-state index in [2.05, 4.69) is 15.5 Å². The average molecular weight is 529 g/mol. The molecule has 3 amide bonds. The van der Waals surface area contributed by atoms with Crippen LogP contribution < -0.4 is 10.6 Å². The van der Waals surface area contributed by atoms with Gasteiger partial charge in [0.05, 0.1) is 43.4 Å². The molecular weight excluding hydrogens is 496 g/mol. The zero-order chi connectivity index (χ0) is 25.9. The fourth-order valence-electron chi connectivity index (χ4n) is 5.80. The number of amides is 3. The van der Waals surface area contributed by atoms with Gasteiger partial charge in [0, 0.05) is 49.8 Å². The topological polar surface area (TPSA) is 118 Å². The van der Waals surface area contributed by atoms with E-state index in [0.717, 1.165) is 51.0 Å². The predicted octanol–water partition coefficient (Wildman–Crippen LogP) is 0.545. The maximum Gasteiger partial charge on any atom is 0.239 e. The standard InChI is InChI=1S/C26H33ClN6O4/c27-22-9-17(11-28)1-2-18(22)12-29-24(34)13-33-16-30-23-4-3-20(10-21(23)26(33)36)31-5-7-32(8-6-31)25(35)19-14-37-15-19/h1-2,9,19-21,23,30H,3-8,10,12-16H2,(H,29,34). The molecule has 1 aliphatic carbocycles. The first-order valence-corrected chi connectivity index (χ1v) is 13.4. The molecule has 1 aromatic carbocycles. The van der Waals surface area contributed by atoms with Gasteiger partial charge in [-0.2, -0.15) is 5.26 Å². The van der Waals surface area contributed by atoms with Crippen LogP contribution in [0, 0.1) is 23.2 Å². The molecule has 198 valence electrons. The highest BCUT2D eigenvalue weighted by Crippen LogP contribution is 2.32. The van der Waals surface area contributed by atoms with Crippen LogP contribution in [-0.2, 0) is 25.7 Å². The van der Waals surface area contributed by atoms with Gasteiger partial charge in [0.1, 0.15) is 6.54 Å². The largest absolute Gasteiger partial charge is 0.380 e. The van der Waals surface area contributed by atoms with Crippen LogP contribution in [0.15, 0.2) is 18.2 Å². The summed E-state index contributed by atoms with van der Waals surface area (Å²) in [5.74, 6) is -0.147. The minimum Gasteiger partial charge on any atom is -0.380 e. The lowest BCUT2D eigenvalue weighted by atomic mass is 9.79. The van der Waals surface area contributed by atoms with Gasteiger partial charge in [-0.05, 0) is 37.0 Å². The molecule has 1 saturated carbocycles. The summed E-state index contributed by atoms with van der Waals surface area (Å²) in [6.45, 7) is 4.76. The van der Waals surface area contributed by atoms with E-state index in [4.69, 9.17) is 21.6 Å². The average Bonchev–Trinajstić information content (AvgIpc) is 2.88. The van der Waals surface area contributed by atoms with Crippen LogP contribution in [0.25, 0.3) is 0 Å². The first-order valence-electron chi connectivity index (χ1n) is 13.0. The van der Waals surface area contributed by atoms with Crippen molar-refractivity contribution in [2.24, 2.45) is 11.8 Å². The molecule has 3 heterocycles. The van der Waals surface area contributed by atoms with Crippen LogP contribution in [-0.4, -0.2) is 97.1 Å². The summed E-state index contributed by atoms with van der Waals surface area (Å²) in [5.41, 5.74) is 1.18. The smallest absolute Gasteiger partial charge is 0.239 e. The Bertz CT molecular complexity index is 1080. The fourth-order valence-corrected chi connectivity index (χ4v) is 6.05. The van der Waals surface area contributed by atoms with Crippen LogP contribution in [0.3, 0.4) is 0 Å². The molecule has 3 unspecified atom stereocenters. The Balaban J connectivity index is 1.10. The molecule has 11 heteroatoms. The molecule has 0 spiro atoms. The Morgan fingerprint density at radius 2 is 1.97 bits per heavy atom. The van der Waals surface area contributed by atoms with Gasteiger partial charge >= 0.3 is 0 Å². The molecule has 0 radical (unpaired) electrons. The Labute approximate surface area is 221 Å². The third-order valence-corrected chi connectivity index (χ3v) is 8.47. The number of ether oxygens (including phenoxy) is 1. The molecule has 4 aliphatic rings. The highest BCUT2D eigenvalue weighted by Gasteiger charge is 2.43. The van der Waals surface area contributed by atoms with Crippen LogP contribution in [0.5, 0.6) is 0 Å². The molecule has 3 aliphatic heterocycles. The summed E-state index contributed by atoms with van der Waals surface area (Å²) in [6, 6.07) is 7.44. The number of piperazine rings is 1. The van der Waals surface area contributed by atoms with Crippen molar-refractivity contribution in [3.8, 4) is 6.07 Å². The van der Waals surface area contributed by atoms with E-state index in [-0.39, 0.29) is 48.7 Å². The van der Waals surface area contributed by atoms with E-state index in [1.807, 2.05) is 11.0 Å². The molecular formula is C26H33ClN6O4. The molecule has 1 aromatic rings. The summed E-state index contributed by atoms with van der Waals surface area (Å²) < 4.78 is 5.16. The molecule has 0 aromatic heterocycles. The first-order chi connectivity index (χ1) is 17.9. The molecule has 4 fully saturated rings. The molecule has 0 bridgehead atoms. The minimum absolute atomic E-state index is 0.0146. The number of fused-ring (bicyclic) bond motifs is 1. The third kappa shape index (κ3) is 5.75. The second-order valence-electron chi connectivity index (χ2n) is 10.4. The minimum atomic E-state index is -0.251. The first kappa shape index (κ1) is 25.9. The third-order valence-electron chi connectivity index (χ3n) is 8.12. The Kier molecular flexibility index (Phi) is 7.95. The van der Waals surface area contributed by atoms with Gasteiger partial charge in [-0.15, -0.1) is 0 Å². The number of rotatable bonds is 6. The number of carbonyl (C=O) groups excluding carboxylic acids is 3. The summed E-state index contributed by atoms with van der Waals surface area (Å²) in [7, 11) is 0. The van der Waals surface area contributed by atoms with E-state index in [1.165, 1.54) is 0 Å². The number of carbonyl (C=O) groups is 3. The van der Waals surface area contributed by atoms with Crippen LogP contribution in [0.4, 0.5) is 0 Å². The van der Waals surface area contributed by atoms with Gasteiger partial charge in [0.15, 0.2) is 0 Å². The maximum absolute atomic E-state index is 13.3. The van der Waals surface area contributed by atoms with Gasteiger partial charge < -0.3 is 19.9 Å².